The largest absolute Gasteiger partial charge is 0.377 e. The van der Waals surface area contributed by atoms with Gasteiger partial charge >= 0.3 is 0 Å². The zero-order chi connectivity index (χ0) is 13.6. The van der Waals surface area contributed by atoms with Gasteiger partial charge in [-0.15, -0.1) is 0 Å². The van der Waals surface area contributed by atoms with Crippen molar-refractivity contribution in [2.75, 3.05) is 13.2 Å². The lowest BCUT2D eigenvalue weighted by Gasteiger charge is -2.60. The summed E-state index contributed by atoms with van der Waals surface area (Å²) >= 11 is 0. The maximum Gasteiger partial charge on any atom is 0.241 e. The fourth-order valence-electron chi connectivity index (χ4n) is 3.40. The van der Waals surface area contributed by atoms with Crippen molar-refractivity contribution >= 4 is 5.91 Å². The first-order valence-electron chi connectivity index (χ1n) is 7.04. The molecule has 1 saturated carbocycles. The van der Waals surface area contributed by atoms with Gasteiger partial charge in [0.05, 0.1) is 6.10 Å². The Morgan fingerprint density at radius 3 is 2.83 bits per heavy atom. The number of amides is 1. The van der Waals surface area contributed by atoms with Gasteiger partial charge in [0.2, 0.25) is 5.91 Å². The molecule has 4 nitrogen and oxygen atoms in total. The van der Waals surface area contributed by atoms with Gasteiger partial charge in [-0.25, -0.2) is 0 Å². The molecule has 18 heavy (non-hydrogen) atoms. The normalized spacial score (nSPS) is 38.7. The van der Waals surface area contributed by atoms with E-state index in [0.29, 0.717) is 12.5 Å². The van der Waals surface area contributed by atoms with Crippen LogP contribution in [0.25, 0.3) is 0 Å². The van der Waals surface area contributed by atoms with Gasteiger partial charge in [0, 0.05) is 24.5 Å². The lowest BCUT2D eigenvalue weighted by Crippen LogP contribution is -2.80. The average molecular weight is 254 g/mol. The highest BCUT2D eigenvalue weighted by Crippen LogP contribution is 2.58. The number of nitrogens with one attached hydrogen (secondary N) is 1. The van der Waals surface area contributed by atoms with Crippen LogP contribution in [0.4, 0.5) is 0 Å². The monoisotopic (exact) mass is 254 g/mol. The Morgan fingerprint density at radius 1 is 1.56 bits per heavy atom. The second-order valence-corrected chi connectivity index (χ2v) is 6.50. The number of hydrogen-bond acceptors (Lipinski definition) is 3. The molecule has 104 valence electrons. The molecule has 0 aromatic heterocycles. The summed E-state index contributed by atoms with van der Waals surface area (Å²) in [6.07, 6.45) is 2.12. The molecule has 1 saturated heterocycles. The SMILES string of the molecule is CCC(C)CNC(=O)C1(N)C2CCOC2C1(C)C. The molecule has 0 bridgehead atoms. The lowest BCUT2D eigenvalue weighted by atomic mass is 9.48. The Bertz CT molecular complexity index is 343. The van der Waals surface area contributed by atoms with E-state index in [1.165, 1.54) is 0 Å². The molecule has 2 aliphatic rings. The highest BCUT2D eigenvalue weighted by molar-refractivity contribution is 5.89. The summed E-state index contributed by atoms with van der Waals surface area (Å²) in [5.41, 5.74) is 5.41. The minimum atomic E-state index is -0.762. The number of hydrogen-bond donors (Lipinski definition) is 2. The van der Waals surface area contributed by atoms with Crippen LogP contribution in [0.2, 0.25) is 0 Å². The summed E-state index contributed by atoms with van der Waals surface area (Å²) in [6.45, 7) is 9.80. The van der Waals surface area contributed by atoms with E-state index in [-0.39, 0.29) is 23.3 Å². The van der Waals surface area contributed by atoms with Crippen molar-refractivity contribution in [2.45, 2.75) is 52.2 Å². The standard InChI is InChI=1S/C14H26N2O2/c1-5-9(2)8-16-12(17)14(15)10-6-7-18-11(10)13(14,3)4/h9-11H,5-8,15H2,1-4H3,(H,16,17). The molecule has 0 aromatic rings. The quantitative estimate of drug-likeness (QED) is 0.794. The van der Waals surface area contributed by atoms with Crippen LogP contribution in [0, 0.1) is 17.3 Å². The van der Waals surface area contributed by atoms with Crippen molar-refractivity contribution in [1.29, 1.82) is 0 Å². The van der Waals surface area contributed by atoms with Crippen LogP contribution in [0.1, 0.15) is 40.5 Å². The Kier molecular flexibility index (Phi) is 3.45. The smallest absolute Gasteiger partial charge is 0.241 e. The van der Waals surface area contributed by atoms with Gasteiger partial charge in [-0.05, 0) is 12.3 Å². The number of nitrogens with two attached hydrogens (primary N) is 1. The van der Waals surface area contributed by atoms with Crippen molar-refractivity contribution in [3.8, 4) is 0 Å². The molecule has 3 N–H and O–H groups in total. The van der Waals surface area contributed by atoms with Crippen molar-refractivity contribution in [3.05, 3.63) is 0 Å². The van der Waals surface area contributed by atoms with Gasteiger partial charge < -0.3 is 15.8 Å². The first kappa shape index (κ1) is 13.8. The summed E-state index contributed by atoms with van der Waals surface area (Å²) in [5.74, 6) is 0.681. The van der Waals surface area contributed by atoms with Gasteiger partial charge in [0.15, 0.2) is 0 Å². The van der Waals surface area contributed by atoms with Crippen LogP contribution >= 0.6 is 0 Å². The van der Waals surface area contributed by atoms with E-state index >= 15 is 0 Å². The van der Waals surface area contributed by atoms with Crippen LogP contribution in [0.15, 0.2) is 0 Å². The summed E-state index contributed by atoms with van der Waals surface area (Å²) in [7, 11) is 0. The molecule has 4 atom stereocenters. The molecule has 0 spiro atoms. The van der Waals surface area contributed by atoms with Crippen LogP contribution in [0.3, 0.4) is 0 Å². The summed E-state index contributed by atoms with van der Waals surface area (Å²) < 4.78 is 5.70. The first-order valence-corrected chi connectivity index (χ1v) is 7.04. The van der Waals surface area contributed by atoms with E-state index in [1.807, 2.05) is 13.8 Å². The van der Waals surface area contributed by atoms with E-state index in [1.54, 1.807) is 0 Å². The third-order valence-electron chi connectivity index (χ3n) is 5.14. The highest BCUT2D eigenvalue weighted by atomic mass is 16.5. The van der Waals surface area contributed by atoms with Crippen LogP contribution in [-0.2, 0) is 9.53 Å². The van der Waals surface area contributed by atoms with E-state index in [9.17, 15) is 4.79 Å². The van der Waals surface area contributed by atoms with Gasteiger partial charge in [0.1, 0.15) is 5.54 Å². The fraction of sp³-hybridized carbons (Fsp3) is 0.929. The average Bonchev–Trinajstić information content (AvgIpc) is 2.82. The Labute approximate surface area is 110 Å². The molecule has 2 fully saturated rings. The number of fused-ring (bicyclic) bond motifs is 1. The zero-order valence-corrected chi connectivity index (χ0v) is 12.0. The summed E-state index contributed by atoms with van der Waals surface area (Å²) in [5, 5.41) is 3.02. The maximum atomic E-state index is 12.4. The molecule has 2 rings (SSSR count). The highest BCUT2D eigenvalue weighted by Gasteiger charge is 2.71. The van der Waals surface area contributed by atoms with Gasteiger partial charge in [0.25, 0.3) is 0 Å². The number of ether oxygens (including phenoxy) is 1. The predicted molar refractivity (Wildman–Crippen MR) is 71.0 cm³/mol. The number of rotatable bonds is 4. The molecule has 0 radical (unpaired) electrons. The van der Waals surface area contributed by atoms with E-state index in [2.05, 4.69) is 19.2 Å². The minimum absolute atomic E-state index is 0.000417. The van der Waals surface area contributed by atoms with Crippen LogP contribution < -0.4 is 11.1 Å². The third-order valence-corrected chi connectivity index (χ3v) is 5.14. The van der Waals surface area contributed by atoms with E-state index in [0.717, 1.165) is 19.4 Å². The van der Waals surface area contributed by atoms with Crippen LogP contribution in [-0.4, -0.2) is 30.7 Å². The minimum Gasteiger partial charge on any atom is -0.377 e. The molecule has 1 aliphatic carbocycles. The molecule has 1 amide bonds. The van der Waals surface area contributed by atoms with Crippen molar-refractivity contribution in [3.63, 3.8) is 0 Å². The predicted octanol–water partition coefficient (Wildman–Crippen LogP) is 1.29. The molecule has 4 heteroatoms. The number of carbonyl (C=O) groups excluding carboxylic acids is 1. The van der Waals surface area contributed by atoms with Crippen molar-refractivity contribution in [1.82, 2.24) is 5.32 Å². The van der Waals surface area contributed by atoms with Crippen LogP contribution in [0.5, 0.6) is 0 Å². The maximum absolute atomic E-state index is 12.4. The Balaban J connectivity index is 2.04. The van der Waals surface area contributed by atoms with Crippen molar-refractivity contribution < 1.29 is 9.53 Å². The van der Waals surface area contributed by atoms with E-state index < -0.39 is 5.54 Å². The fourth-order valence-corrected chi connectivity index (χ4v) is 3.40. The van der Waals surface area contributed by atoms with E-state index in [4.69, 9.17) is 10.5 Å². The molecule has 4 unspecified atom stereocenters. The molecule has 1 aliphatic heterocycles. The second-order valence-electron chi connectivity index (χ2n) is 6.50. The Morgan fingerprint density at radius 2 is 2.22 bits per heavy atom. The molecular formula is C14H26N2O2. The van der Waals surface area contributed by atoms with Gasteiger partial charge in [-0.1, -0.05) is 34.1 Å². The Hall–Kier alpha value is -0.610. The lowest BCUT2D eigenvalue weighted by molar-refractivity contribution is -0.175. The topological polar surface area (TPSA) is 64.4 Å². The van der Waals surface area contributed by atoms with Gasteiger partial charge in [-0.2, -0.15) is 0 Å². The first-order chi connectivity index (χ1) is 8.35. The third kappa shape index (κ3) is 1.69. The summed E-state index contributed by atoms with van der Waals surface area (Å²) in [4.78, 5) is 12.4. The molecule has 0 aromatic carbocycles. The summed E-state index contributed by atoms with van der Waals surface area (Å²) in [6, 6.07) is 0. The van der Waals surface area contributed by atoms with Crippen molar-refractivity contribution in [2.24, 2.45) is 23.0 Å². The number of carbonyl (C=O) groups is 1. The van der Waals surface area contributed by atoms with Gasteiger partial charge in [-0.3, -0.25) is 4.79 Å². The molecular weight excluding hydrogens is 228 g/mol. The zero-order valence-electron chi connectivity index (χ0n) is 12.0. The second kappa shape index (κ2) is 4.49. The molecule has 1 heterocycles.